The van der Waals surface area contributed by atoms with Crippen LogP contribution in [0.5, 0.6) is 0 Å². The van der Waals surface area contributed by atoms with Crippen LogP contribution in [-0.2, 0) is 23.5 Å². The molecule has 1 heterocycles. The molecule has 0 aliphatic rings. The van der Waals surface area contributed by atoms with Gasteiger partial charge in [0.25, 0.3) is 0 Å². The van der Waals surface area contributed by atoms with E-state index in [-0.39, 0.29) is 4.90 Å². The third-order valence-electron chi connectivity index (χ3n) is 2.93. The highest BCUT2D eigenvalue weighted by molar-refractivity contribution is 7.89. The number of nitrogens with two attached hydrogens (primary N) is 1. The van der Waals surface area contributed by atoms with Crippen LogP contribution in [0.2, 0.25) is 0 Å². The third-order valence-corrected chi connectivity index (χ3v) is 4.40. The summed E-state index contributed by atoms with van der Waals surface area (Å²) in [5.74, 6) is 5.23. The number of benzene rings is 1. The summed E-state index contributed by atoms with van der Waals surface area (Å²) in [7, 11) is -1.68. The molecule has 7 nitrogen and oxygen atoms in total. The summed E-state index contributed by atoms with van der Waals surface area (Å²) in [5.41, 5.74) is 4.07. The fourth-order valence-corrected chi connectivity index (χ4v) is 2.81. The fraction of sp³-hybridized carbons (Fsp3) is 0.250. The van der Waals surface area contributed by atoms with Crippen LogP contribution in [0.1, 0.15) is 5.69 Å². The van der Waals surface area contributed by atoms with E-state index >= 15 is 0 Å². The standard InChI is InChI=1S/C12H17N5O2S/c1-17-11(6-8-14-17)7-9-15-20(18,19)12-4-2-10(16-13)3-5-12/h2-6,8,15-16H,7,9,13H2,1H3. The normalized spacial score (nSPS) is 11.5. The Labute approximate surface area is 117 Å². The summed E-state index contributed by atoms with van der Waals surface area (Å²) in [4.78, 5) is 0.210. The van der Waals surface area contributed by atoms with Gasteiger partial charge in [-0.3, -0.25) is 10.5 Å². The largest absolute Gasteiger partial charge is 0.324 e. The van der Waals surface area contributed by atoms with Gasteiger partial charge in [-0.25, -0.2) is 13.1 Å². The highest BCUT2D eigenvalue weighted by Crippen LogP contribution is 2.12. The number of hydrogen-bond donors (Lipinski definition) is 3. The molecule has 4 N–H and O–H groups in total. The lowest BCUT2D eigenvalue weighted by Crippen LogP contribution is -2.26. The Balaban J connectivity index is 1.98. The van der Waals surface area contributed by atoms with Gasteiger partial charge in [-0.1, -0.05) is 0 Å². The van der Waals surface area contributed by atoms with Crippen LogP contribution in [0.25, 0.3) is 0 Å². The van der Waals surface area contributed by atoms with Crippen molar-refractivity contribution in [2.24, 2.45) is 12.9 Å². The Kier molecular flexibility index (Phi) is 4.38. The molecule has 1 aromatic heterocycles. The molecule has 0 saturated heterocycles. The van der Waals surface area contributed by atoms with Gasteiger partial charge in [0.2, 0.25) is 10.0 Å². The van der Waals surface area contributed by atoms with Crippen LogP contribution < -0.4 is 16.0 Å². The number of nitrogens with one attached hydrogen (secondary N) is 2. The van der Waals surface area contributed by atoms with Crippen molar-refractivity contribution < 1.29 is 8.42 Å². The molecule has 2 aromatic rings. The number of aryl methyl sites for hydroxylation is 1. The second-order valence-corrected chi connectivity index (χ2v) is 6.03. The van der Waals surface area contributed by atoms with Crippen LogP contribution in [0, 0.1) is 0 Å². The highest BCUT2D eigenvalue weighted by atomic mass is 32.2. The molecule has 1 aromatic carbocycles. The Morgan fingerprint density at radius 2 is 1.95 bits per heavy atom. The van der Waals surface area contributed by atoms with Crippen molar-refractivity contribution in [3.63, 3.8) is 0 Å². The minimum Gasteiger partial charge on any atom is -0.324 e. The predicted molar refractivity (Wildman–Crippen MR) is 76.4 cm³/mol. The summed E-state index contributed by atoms with van der Waals surface area (Å²) in [6, 6.07) is 8.07. The average molecular weight is 295 g/mol. The Bertz CT molecular complexity index is 663. The van der Waals surface area contributed by atoms with Crippen LogP contribution in [0.15, 0.2) is 41.4 Å². The van der Waals surface area contributed by atoms with Gasteiger partial charge in [0.15, 0.2) is 0 Å². The summed E-state index contributed by atoms with van der Waals surface area (Å²) >= 11 is 0. The van der Waals surface area contributed by atoms with Gasteiger partial charge in [-0.2, -0.15) is 5.10 Å². The topological polar surface area (TPSA) is 102 Å². The first kappa shape index (κ1) is 14.5. The lowest BCUT2D eigenvalue weighted by atomic mass is 10.3. The number of nitrogen functional groups attached to an aromatic ring is 1. The van der Waals surface area contributed by atoms with Crippen LogP contribution in [0.3, 0.4) is 0 Å². The van der Waals surface area contributed by atoms with E-state index < -0.39 is 10.0 Å². The van der Waals surface area contributed by atoms with Crippen molar-refractivity contribution in [2.45, 2.75) is 11.3 Å². The third kappa shape index (κ3) is 3.35. The van der Waals surface area contributed by atoms with Gasteiger partial charge in [-0.15, -0.1) is 0 Å². The maximum atomic E-state index is 12.1. The molecule has 0 amide bonds. The SMILES string of the molecule is Cn1nccc1CCNS(=O)(=O)c1ccc(NN)cc1. The molecular weight excluding hydrogens is 278 g/mol. The quantitative estimate of drug-likeness (QED) is 0.523. The zero-order valence-electron chi connectivity index (χ0n) is 11.1. The van der Waals surface area contributed by atoms with Crippen molar-refractivity contribution in [1.82, 2.24) is 14.5 Å². The second kappa shape index (κ2) is 6.04. The molecule has 0 saturated carbocycles. The highest BCUT2D eigenvalue weighted by Gasteiger charge is 2.13. The average Bonchev–Trinajstić information content (AvgIpc) is 2.84. The summed E-state index contributed by atoms with van der Waals surface area (Å²) in [6.45, 7) is 0.318. The van der Waals surface area contributed by atoms with Crippen molar-refractivity contribution in [3.05, 3.63) is 42.2 Å². The molecular formula is C12H17N5O2S. The summed E-state index contributed by atoms with van der Waals surface area (Å²) in [6.07, 6.45) is 2.26. The Morgan fingerprint density at radius 3 is 2.50 bits per heavy atom. The Hall–Kier alpha value is -1.90. The first-order chi connectivity index (χ1) is 9.53. The minimum absolute atomic E-state index is 0.210. The van der Waals surface area contributed by atoms with E-state index in [1.165, 1.54) is 12.1 Å². The zero-order chi connectivity index (χ0) is 14.6. The fourth-order valence-electron chi connectivity index (χ4n) is 1.77. The number of anilines is 1. The van der Waals surface area contributed by atoms with E-state index in [0.717, 1.165) is 5.69 Å². The molecule has 108 valence electrons. The molecule has 0 fully saturated rings. The van der Waals surface area contributed by atoms with Crippen molar-refractivity contribution in [1.29, 1.82) is 0 Å². The van der Waals surface area contributed by atoms with Crippen LogP contribution >= 0.6 is 0 Å². The van der Waals surface area contributed by atoms with Gasteiger partial charge in [-0.05, 0) is 30.3 Å². The first-order valence-corrected chi connectivity index (χ1v) is 7.54. The molecule has 8 heteroatoms. The molecule has 0 aliphatic carbocycles. The first-order valence-electron chi connectivity index (χ1n) is 6.06. The molecule has 2 rings (SSSR count). The van der Waals surface area contributed by atoms with Crippen molar-refractivity contribution in [3.8, 4) is 0 Å². The maximum Gasteiger partial charge on any atom is 0.240 e. The van der Waals surface area contributed by atoms with Crippen molar-refractivity contribution in [2.75, 3.05) is 12.0 Å². The molecule has 0 radical (unpaired) electrons. The molecule has 0 spiro atoms. The van der Waals surface area contributed by atoms with Gasteiger partial charge < -0.3 is 5.43 Å². The van der Waals surface area contributed by atoms with E-state index in [4.69, 9.17) is 5.84 Å². The lowest BCUT2D eigenvalue weighted by Gasteiger charge is -2.08. The van der Waals surface area contributed by atoms with E-state index in [2.05, 4.69) is 15.2 Å². The summed E-state index contributed by atoms with van der Waals surface area (Å²) < 4.78 is 28.4. The molecule has 0 aliphatic heterocycles. The predicted octanol–water partition coefficient (Wildman–Crippen LogP) is 0.227. The monoisotopic (exact) mass is 295 g/mol. The lowest BCUT2D eigenvalue weighted by molar-refractivity contribution is 0.579. The number of aromatic nitrogens is 2. The van der Waals surface area contributed by atoms with Gasteiger partial charge >= 0.3 is 0 Å². The minimum atomic E-state index is -3.50. The van der Waals surface area contributed by atoms with Gasteiger partial charge in [0, 0.05) is 37.6 Å². The molecule has 0 unspecified atom stereocenters. The number of nitrogens with zero attached hydrogens (tertiary/aromatic N) is 2. The number of sulfonamides is 1. The number of hydrogen-bond acceptors (Lipinski definition) is 5. The Morgan fingerprint density at radius 1 is 1.25 bits per heavy atom. The van der Waals surface area contributed by atoms with Gasteiger partial charge in [0.05, 0.1) is 4.90 Å². The van der Waals surface area contributed by atoms with E-state index in [0.29, 0.717) is 18.7 Å². The van der Waals surface area contributed by atoms with Crippen LogP contribution in [0.4, 0.5) is 5.69 Å². The second-order valence-electron chi connectivity index (χ2n) is 4.26. The van der Waals surface area contributed by atoms with E-state index in [1.54, 1.807) is 23.0 Å². The number of rotatable bonds is 6. The maximum absolute atomic E-state index is 12.1. The number of hydrazine groups is 1. The van der Waals surface area contributed by atoms with Crippen molar-refractivity contribution >= 4 is 15.7 Å². The van der Waals surface area contributed by atoms with E-state index in [1.807, 2.05) is 13.1 Å². The van der Waals surface area contributed by atoms with Crippen LogP contribution in [-0.4, -0.2) is 24.7 Å². The smallest absolute Gasteiger partial charge is 0.240 e. The molecule has 0 atom stereocenters. The zero-order valence-corrected chi connectivity index (χ0v) is 11.9. The summed E-state index contributed by atoms with van der Waals surface area (Å²) in [5, 5.41) is 4.03. The molecule has 20 heavy (non-hydrogen) atoms. The van der Waals surface area contributed by atoms with Gasteiger partial charge in [0.1, 0.15) is 0 Å². The molecule has 0 bridgehead atoms. The van der Waals surface area contributed by atoms with E-state index in [9.17, 15) is 8.42 Å².